The lowest BCUT2D eigenvalue weighted by Crippen LogP contribution is -2.46. The van der Waals surface area contributed by atoms with E-state index in [1.807, 2.05) is 0 Å². The van der Waals surface area contributed by atoms with Crippen molar-refractivity contribution in [2.75, 3.05) is 13.1 Å². The zero-order valence-corrected chi connectivity index (χ0v) is 17.3. The van der Waals surface area contributed by atoms with Gasteiger partial charge < -0.3 is 5.32 Å². The minimum absolute atomic E-state index is 0.000296. The molecule has 1 aromatic carbocycles. The summed E-state index contributed by atoms with van der Waals surface area (Å²) in [7, 11) is -3.68. The smallest absolute Gasteiger partial charge is 0.223 e. The highest BCUT2D eigenvalue weighted by molar-refractivity contribution is 7.88. The third-order valence-corrected chi connectivity index (χ3v) is 8.83. The molecule has 1 saturated heterocycles. The van der Waals surface area contributed by atoms with E-state index in [0.29, 0.717) is 24.8 Å². The van der Waals surface area contributed by atoms with Crippen molar-refractivity contribution in [1.82, 2.24) is 9.62 Å². The van der Waals surface area contributed by atoms with Crippen molar-refractivity contribution in [1.29, 1.82) is 0 Å². The van der Waals surface area contributed by atoms with Crippen molar-refractivity contribution >= 4 is 27.5 Å². The Labute approximate surface area is 170 Å². The minimum atomic E-state index is -3.68. The van der Waals surface area contributed by atoms with Crippen molar-refractivity contribution in [3.8, 4) is 0 Å². The summed E-state index contributed by atoms with van der Waals surface area (Å²) in [5.41, 5.74) is 0.000296. The predicted molar refractivity (Wildman–Crippen MR) is 106 cm³/mol. The first-order valence-corrected chi connectivity index (χ1v) is 12.0. The molecule has 8 heteroatoms. The lowest BCUT2D eigenvalue weighted by atomic mass is 9.93. The maximum atomic E-state index is 14.0. The third-order valence-electron chi connectivity index (χ3n) is 6.67. The molecule has 5 nitrogen and oxygen atoms in total. The van der Waals surface area contributed by atoms with Gasteiger partial charge in [0.15, 0.2) is 0 Å². The average molecular weight is 429 g/mol. The molecule has 154 valence electrons. The fraction of sp³-hybridized carbons (Fsp3) is 0.650. The molecule has 0 radical (unpaired) electrons. The van der Waals surface area contributed by atoms with Gasteiger partial charge in [0.25, 0.3) is 0 Å². The van der Waals surface area contributed by atoms with Crippen LogP contribution in [0.2, 0.25) is 5.02 Å². The van der Waals surface area contributed by atoms with E-state index in [9.17, 15) is 17.6 Å². The lowest BCUT2D eigenvalue weighted by Gasteiger charge is -2.32. The molecule has 1 aromatic rings. The monoisotopic (exact) mass is 428 g/mol. The van der Waals surface area contributed by atoms with Crippen LogP contribution in [0.4, 0.5) is 4.39 Å². The van der Waals surface area contributed by atoms with Gasteiger partial charge in [-0.3, -0.25) is 4.79 Å². The molecule has 3 atom stereocenters. The number of fused-ring (bicyclic) bond motifs is 2. The summed E-state index contributed by atoms with van der Waals surface area (Å²) >= 11 is 5.97. The second-order valence-corrected chi connectivity index (χ2v) is 10.8. The zero-order valence-electron chi connectivity index (χ0n) is 15.7. The molecule has 1 aliphatic heterocycles. The molecule has 0 aromatic heterocycles. The summed E-state index contributed by atoms with van der Waals surface area (Å²) in [6, 6.07) is 4.45. The second-order valence-electron chi connectivity index (χ2n) is 8.42. The maximum Gasteiger partial charge on any atom is 0.223 e. The molecule has 2 saturated carbocycles. The zero-order chi connectivity index (χ0) is 19.9. The maximum absolute atomic E-state index is 14.0. The summed E-state index contributed by atoms with van der Waals surface area (Å²) in [4.78, 5) is 12.6. The van der Waals surface area contributed by atoms with Gasteiger partial charge in [0.05, 0.1) is 5.75 Å². The number of piperidine rings is 1. The number of hydrogen-bond acceptors (Lipinski definition) is 3. The largest absolute Gasteiger partial charge is 0.353 e. The van der Waals surface area contributed by atoms with Gasteiger partial charge in [-0.25, -0.2) is 17.1 Å². The number of sulfonamides is 1. The van der Waals surface area contributed by atoms with Crippen LogP contribution in [0, 0.1) is 23.6 Å². The highest BCUT2D eigenvalue weighted by Crippen LogP contribution is 2.44. The molecule has 1 heterocycles. The Kier molecular flexibility index (Phi) is 5.69. The van der Waals surface area contributed by atoms with Gasteiger partial charge in [-0.15, -0.1) is 0 Å². The van der Waals surface area contributed by atoms with Crippen LogP contribution in [-0.4, -0.2) is 37.8 Å². The van der Waals surface area contributed by atoms with Crippen LogP contribution in [0.25, 0.3) is 0 Å². The Hall–Kier alpha value is -1.18. The molecule has 4 rings (SSSR count). The Balaban J connectivity index is 1.32. The molecule has 28 heavy (non-hydrogen) atoms. The van der Waals surface area contributed by atoms with E-state index >= 15 is 0 Å². The molecule has 3 unspecified atom stereocenters. The van der Waals surface area contributed by atoms with Gasteiger partial charge in [-0.2, -0.15) is 0 Å². The number of amides is 1. The van der Waals surface area contributed by atoms with Crippen LogP contribution >= 0.6 is 11.6 Å². The molecular formula is C20H26ClFN2O3S. The van der Waals surface area contributed by atoms with E-state index < -0.39 is 21.6 Å². The highest BCUT2D eigenvalue weighted by Gasteiger charge is 2.41. The fourth-order valence-electron chi connectivity index (χ4n) is 5.06. The molecule has 1 N–H and O–H groups in total. The van der Waals surface area contributed by atoms with E-state index in [1.54, 1.807) is 0 Å². The molecule has 1 amide bonds. The van der Waals surface area contributed by atoms with Crippen LogP contribution in [0.1, 0.15) is 44.1 Å². The predicted octanol–water partition coefficient (Wildman–Crippen LogP) is 3.33. The van der Waals surface area contributed by atoms with Crippen LogP contribution in [0.3, 0.4) is 0 Å². The number of nitrogens with zero attached hydrogens (tertiary/aromatic N) is 1. The Morgan fingerprint density at radius 3 is 2.54 bits per heavy atom. The van der Waals surface area contributed by atoms with E-state index in [0.717, 1.165) is 12.3 Å². The number of benzene rings is 1. The highest BCUT2D eigenvalue weighted by atomic mass is 35.5. The van der Waals surface area contributed by atoms with Gasteiger partial charge in [0.2, 0.25) is 15.9 Å². The van der Waals surface area contributed by atoms with Crippen LogP contribution in [0.15, 0.2) is 18.2 Å². The Morgan fingerprint density at radius 2 is 1.93 bits per heavy atom. The molecule has 3 aliphatic rings. The van der Waals surface area contributed by atoms with Gasteiger partial charge in [0.1, 0.15) is 5.82 Å². The van der Waals surface area contributed by atoms with E-state index in [2.05, 4.69) is 5.32 Å². The first kappa shape index (κ1) is 20.1. The first-order chi connectivity index (χ1) is 13.3. The van der Waals surface area contributed by atoms with Gasteiger partial charge in [0, 0.05) is 35.6 Å². The summed E-state index contributed by atoms with van der Waals surface area (Å²) in [5, 5.41) is 3.33. The summed E-state index contributed by atoms with van der Waals surface area (Å²) in [6.45, 7) is 0.562. The minimum Gasteiger partial charge on any atom is -0.353 e. The van der Waals surface area contributed by atoms with Crippen molar-refractivity contribution < 1.29 is 17.6 Å². The van der Waals surface area contributed by atoms with Crippen molar-refractivity contribution in [3.63, 3.8) is 0 Å². The quantitative estimate of drug-likeness (QED) is 0.782. The molecule has 2 bridgehead atoms. The van der Waals surface area contributed by atoms with E-state index in [-0.39, 0.29) is 35.5 Å². The number of carbonyl (C=O) groups is 1. The van der Waals surface area contributed by atoms with Gasteiger partial charge in [-0.1, -0.05) is 24.1 Å². The fourth-order valence-corrected chi connectivity index (χ4v) is 6.98. The van der Waals surface area contributed by atoms with Gasteiger partial charge in [-0.05, 0) is 56.1 Å². The molecular weight excluding hydrogens is 403 g/mol. The Morgan fingerprint density at radius 1 is 1.18 bits per heavy atom. The summed E-state index contributed by atoms with van der Waals surface area (Å²) in [6.07, 6.45) is 5.82. The number of rotatable bonds is 5. The molecule has 2 aliphatic carbocycles. The van der Waals surface area contributed by atoms with E-state index in [4.69, 9.17) is 11.6 Å². The molecule has 0 spiro atoms. The van der Waals surface area contributed by atoms with Crippen molar-refractivity contribution in [3.05, 3.63) is 34.6 Å². The normalized spacial score (nSPS) is 28.6. The summed E-state index contributed by atoms with van der Waals surface area (Å²) in [5.74, 6) is 0.235. The van der Waals surface area contributed by atoms with Gasteiger partial charge >= 0.3 is 0 Å². The standard InChI is InChI=1S/C20H26ClFN2O3S/c21-17-2-1-3-18(22)16(17)12-28(26,27)24-8-6-14(7-9-24)20(25)23-19-11-13-4-5-15(19)10-13/h1-3,13-15,19H,4-12H2,(H,23,25). The number of carbonyl (C=O) groups excluding carboxylic acids is 1. The SMILES string of the molecule is O=C(NC1CC2CCC1C2)C1CCN(S(=O)(=O)Cc2c(F)cccc2Cl)CC1. The Bertz CT molecular complexity index is 835. The average Bonchev–Trinajstić information content (AvgIpc) is 3.28. The van der Waals surface area contributed by atoms with E-state index in [1.165, 1.54) is 41.8 Å². The van der Waals surface area contributed by atoms with Crippen LogP contribution in [0.5, 0.6) is 0 Å². The third kappa shape index (κ3) is 4.07. The van der Waals surface area contributed by atoms with Crippen LogP contribution in [-0.2, 0) is 20.6 Å². The van der Waals surface area contributed by atoms with Crippen LogP contribution < -0.4 is 5.32 Å². The van der Waals surface area contributed by atoms with Crippen molar-refractivity contribution in [2.45, 2.75) is 50.3 Å². The van der Waals surface area contributed by atoms with Crippen molar-refractivity contribution in [2.24, 2.45) is 17.8 Å². The second kappa shape index (κ2) is 7.92. The number of halogens is 2. The number of hydrogen-bond donors (Lipinski definition) is 1. The first-order valence-electron chi connectivity index (χ1n) is 10.0. The molecule has 3 fully saturated rings. The summed E-state index contributed by atoms with van der Waals surface area (Å²) < 4.78 is 40.7. The number of nitrogens with one attached hydrogen (secondary N) is 1. The topological polar surface area (TPSA) is 66.5 Å². The lowest BCUT2D eigenvalue weighted by molar-refractivity contribution is -0.127.